The number of rotatable bonds is 8. The third kappa shape index (κ3) is 4.96. The molecule has 1 aromatic heterocycles. The lowest BCUT2D eigenvalue weighted by Crippen LogP contribution is -2.53. The van der Waals surface area contributed by atoms with Crippen LogP contribution in [0.3, 0.4) is 0 Å². The van der Waals surface area contributed by atoms with Crippen molar-refractivity contribution in [3.63, 3.8) is 0 Å². The second-order valence-corrected chi connectivity index (χ2v) is 11.2. The molecule has 0 unspecified atom stereocenters. The van der Waals surface area contributed by atoms with Gasteiger partial charge < -0.3 is 20.5 Å². The van der Waals surface area contributed by atoms with Crippen LogP contribution >= 0.6 is 11.3 Å². The number of aliphatic hydroxyl groups is 1. The zero-order valence-electron chi connectivity index (χ0n) is 20.1. The highest BCUT2D eigenvalue weighted by Crippen LogP contribution is 2.57. The number of aromatic nitrogens is 1. The van der Waals surface area contributed by atoms with Crippen LogP contribution in [0.5, 0.6) is 0 Å². The number of anilines is 1. The number of nitrogens with one attached hydrogen (secondary N) is 2. The summed E-state index contributed by atoms with van der Waals surface area (Å²) in [5, 5.41) is 18.9. The van der Waals surface area contributed by atoms with E-state index in [0.29, 0.717) is 13.2 Å². The SMILES string of the molecule is COCCNC(=O)[C@@H](C)[C@@H]1CC[C@]2(C)Cc3sc(NCc4ccccc4)nc3[C@H](C)[C@@H]2[C@H]1O. The summed E-state index contributed by atoms with van der Waals surface area (Å²) in [4.78, 5) is 19.0. The van der Waals surface area contributed by atoms with E-state index in [9.17, 15) is 9.90 Å². The maximum absolute atomic E-state index is 12.7. The summed E-state index contributed by atoms with van der Waals surface area (Å²) in [6, 6.07) is 10.4. The highest BCUT2D eigenvalue weighted by molar-refractivity contribution is 7.15. The largest absolute Gasteiger partial charge is 0.392 e. The number of benzene rings is 1. The third-order valence-corrected chi connectivity index (χ3v) is 8.90. The molecule has 1 amide bonds. The number of carbonyl (C=O) groups is 1. The van der Waals surface area contributed by atoms with E-state index in [1.165, 1.54) is 10.4 Å². The molecule has 2 aliphatic rings. The average Bonchev–Trinajstić information content (AvgIpc) is 3.20. The molecule has 3 N–H and O–H groups in total. The van der Waals surface area contributed by atoms with Gasteiger partial charge in [0.25, 0.3) is 0 Å². The van der Waals surface area contributed by atoms with Crippen molar-refractivity contribution < 1.29 is 14.6 Å². The Labute approximate surface area is 201 Å². The number of aliphatic hydroxyl groups excluding tert-OH is 1. The van der Waals surface area contributed by atoms with Gasteiger partial charge in [0.05, 0.1) is 18.4 Å². The molecule has 0 spiro atoms. The van der Waals surface area contributed by atoms with Crippen LogP contribution in [0.1, 0.15) is 55.7 Å². The van der Waals surface area contributed by atoms with Crippen molar-refractivity contribution in [1.29, 1.82) is 0 Å². The molecular weight excluding hydrogens is 434 g/mol. The summed E-state index contributed by atoms with van der Waals surface area (Å²) in [6.07, 6.45) is 2.31. The minimum Gasteiger partial charge on any atom is -0.392 e. The maximum Gasteiger partial charge on any atom is 0.223 e. The smallest absolute Gasteiger partial charge is 0.223 e. The van der Waals surface area contributed by atoms with Gasteiger partial charge >= 0.3 is 0 Å². The summed E-state index contributed by atoms with van der Waals surface area (Å²) >= 11 is 1.76. The van der Waals surface area contributed by atoms with Crippen LogP contribution in [0.4, 0.5) is 5.13 Å². The van der Waals surface area contributed by atoms with Gasteiger partial charge in [0.2, 0.25) is 5.91 Å². The monoisotopic (exact) mass is 471 g/mol. The van der Waals surface area contributed by atoms with Crippen LogP contribution in [0.15, 0.2) is 30.3 Å². The summed E-state index contributed by atoms with van der Waals surface area (Å²) in [6.45, 7) is 8.22. The Morgan fingerprint density at radius 1 is 1.36 bits per heavy atom. The first kappa shape index (κ1) is 24.2. The molecule has 0 aliphatic heterocycles. The topological polar surface area (TPSA) is 83.5 Å². The van der Waals surface area contributed by atoms with Gasteiger partial charge in [-0.3, -0.25) is 4.79 Å². The number of nitrogens with zero attached hydrogens (tertiary/aromatic N) is 1. The van der Waals surface area contributed by atoms with Crippen LogP contribution in [0.25, 0.3) is 0 Å². The number of methoxy groups -OCH3 is 1. The van der Waals surface area contributed by atoms with E-state index in [1.807, 2.05) is 25.1 Å². The zero-order chi connectivity index (χ0) is 23.6. The first-order valence-corrected chi connectivity index (χ1v) is 12.9. The summed E-state index contributed by atoms with van der Waals surface area (Å²) < 4.78 is 5.04. The van der Waals surface area contributed by atoms with Crippen LogP contribution in [0, 0.1) is 23.2 Å². The van der Waals surface area contributed by atoms with Gasteiger partial charge in [0, 0.05) is 36.9 Å². The molecule has 1 aromatic carbocycles. The number of carbonyl (C=O) groups excluding carboxylic acids is 1. The molecule has 6 nitrogen and oxygen atoms in total. The van der Waals surface area contributed by atoms with Crippen molar-refractivity contribution in [2.45, 2.75) is 58.6 Å². The minimum absolute atomic E-state index is 0.00455. The van der Waals surface area contributed by atoms with Gasteiger partial charge in [-0.25, -0.2) is 4.98 Å². The van der Waals surface area contributed by atoms with Crippen molar-refractivity contribution in [3.05, 3.63) is 46.5 Å². The van der Waals surface area contributed by atoms with Crippen LogP contribution in [0.2, 0.25) is 0 Å². The second-order valence-electron chi connectivity index (χ2n) is 10.1. The molecule has 7 heteroatoms. The Hall–Kier alpha value is -1.96. The number of ether oxygens (including phenoxy) is 1. The van der Waals surface area contributed by atoms with Gasteiger partial charge in [0.1, 0.15) is 0 Å². The molecule has 33 heavy (non-hydrogen) atoms. The molecule has 180 valence electrons. The Morgan fingerprint density at radius 2 is 2.12 bits per heavy atom. The van der Waals surface area contributed by atoms with E-state index in [4.69, 9.17) is 9.72 Å². The van der Waals surface area contributed by atoms with Crippen LogP contribution in [-0.4, -0.2) is 42.4 Å². The number of thiazole rings is 1. The van der Waals surface area contributed by atoms with E-state index in [0.717, 1.165) is 36.6 Å². The van der Waals surface area contributed by atoms with Crippen molar-refractivity contribution >= 4 is 22.4 Å². The van der Waals surface area contributed by atoms with Gasteiger partial charge in [-0.05, 0) is 42.1 Å². The van der Waals surface area contributed by atoms with E-state index >= 15 is 0 Å². The first-order valence-electron chi connectivity index (χ1n) is 12.1. The number of fused-ring (bicyclic) bond motifs is 2. The Bertz CT molecular complexity index is 950. The standard InChI is InChI=1S/C26H37N3O3S/c1-16(24(31)27-12-13-32-4)19-10-11-26(3)14-20-22(17(2)21(26)23(19)30)29-25(33-20)28-15-18-8-6-5-7-9-18/h5-9,16-17,19,21,23,30H,10-15H2,1-4H3,(H,27,31)(H,28,29)/t16-,17+,19-,21+,23-,26+/m0/s1. The highest BCUT2D eigenvalue weighted by Gasteiger charge is 2.53. The lowest BCUT2D eigenvalue weighted by Gasteiger charge is -2.53. The van der Waals surface area contributed by atoms with E-state index in [1.54, 1.807) is 18.4 Å². The van der Waals surface area contributed by atoms with Gasteiger partial charge in [-0.1, -0.05) is 51.1 Å². The zero-order valence-corrected chi connectivity index (χ0v) is 21.0. The van der Waals surface area contributed by atoms with Crippen molar-refractivity contribution in [1.82, 2.24) is 10.3 Å². The molecule has 0 bridgehead atoms. The molecule has 2 aromatic rings. The van der Waals surface area contributed by atoms with Gasteiger partial charge in [0.15, 0.2) is 5.13 Å². The van der Waals surface area contributed by atoms with Crippen LogP contribution < -0.4 is 10.6 Å². The van der Waals surface area contributed by atoms with E-state index in [-0.39, 0.29) is 35.0 Å². The predicted octanol–water partition coefficient (Wildman–Crippen LogP) is 4.21. The molecule has 1 fully saturated rings. The fourth-order valence-electron chi connectivity index (χ4n) is 6.03. The molecule has 0 radical (unpaired) electrons. The molecule has 4 rings (SSSR count). The summed E-state index contributed by atoms with van der Waals surface area (Å²) in [5.74, 6) is -0.00624. The number of amides is 1. The normalized spacial score (nSPS) is 29.6. The molecule has 1 heterocycles. The fourth-order valence-corrected chi connectivity index (χ4v) is 7.29. The van der Waals surface area contributed by atoms with Crippen LogP contribution in [-0.2, 0) is 22.5 Å². The Balaban J connectivity index is 1.48. The quantitative estimate of drug-likeness (QED) is 0.503. The molecule has 0 saturated heterocycles. The number of hydrogen-bond acceptors (Lipinski definition) is 6. The lowest BCUT2D eigenvalue weighted by atomic mass is 9.53. The lowest BCUT2D eigenvalue weighted by molar-refractivity contribution is -0.135. The Morgan fingerprint density at radius 3 is 2.85 bits per heavy atom. The fraction of sp³-hybridized carbons (Fsp3) is 0.615. The van der Waals surface area contributed by atoms with E-state index in [2.05, 4.69) is 36.6 Å². The highest BCUT2D eigenvalue weighted by atomic mass is 32.1. The van der Waals surface area contributed by atoms with Gasteiger partial charge in [-0.2, -0.15) is 0 Å². The first-order chi connectivity index (χ1) is 15.8. The summed E-state index contributed by atoms with van der Waals surface area (Å²) in [7, 11) is 1.63. The molecule has 2 aliphatic carbocycles. The third-order valence-electron chi connectivity index (χ3n) is 7.87. The Kier molecular flexibility index (Phi) is 7.41. The van der Waals surface area contributed by atoms with Crippen molar-refractivity contribution in [2.24, 2.45) is 23.2 Å². The molecule has 1 saturated carbocycles. The van der Waals surface area contributed by atoms with Crippen molar-refractivity contribution in [3.8, 4) is 0 Å². The molecular formula is C26H37N3O3S. The second kappa shape index (κ2) is 10.1. The molecule has 6 atom stereocenters. The average molecular weight is 472 g/mol. The van der Waals surface area contributed by atoms with E-state index < -0.39 is 6.10 Å². The number of hydrogen-bond donors (Lipinski definition) is 3. The summed E-state index contributed by atoms with van der Waals surface area (Å²) in [5.41, 5.74) is 2.38. The maximum atomic E-state index is 12.7. The minimum atomic E-state index is -0.516. The van der Waals surface area contributed by atoms with Crippen molar-refractivity contribution in [2.75, 3.05) is 25.6 Å². The predicted molar refractivity (Wildman–Crippen MR) is 132 cm³/mol. The van der Waals surface area contributed by atoms with Gasteiger partial charge in [-0.15, -0.1) is 11.3 Å².